The monoisotopic (exact) mass is 376 g/mol. The van der Waals surface area contributed by atoms with Gasteiger partial charge in [0.1, 0.15) is 11.9 Å². The summed E-state index contributed by atoms with van der Waals surface area (Å²) in [6, 6.07) is 3.40. The molecular formula is C14H12ClF3N4O3. The molecule has 0 radical (unpaired) electrons. The fourth-order valence-electron chi connectivity index (χ4n) is 2.13. The van der Waals surface area contributed by atoms with Gasteiger partial charge in [0.15, 0.2) is 0 Å². The van der Waals surface area contributed by atoms with Crippen molar-refractivity contribution in [1.82, 2.24) is 9.99 Å². The summed E-state index contributed by atoms with van der Waals surface area (Å²) in [5.41, 5.74) is -1.45. The molecule has 1 amide bonds. The molecule has 7 nitrogen and oxygen atoms in total. The second-order valence-electron chi connectivity index (χ2n) is 5.18. The van der Waals surface area contributed by atoms with Gasteiger partial charge in [-0.1, -0.05) is 17.7 Å². The lowest BCUT2D eigenvalue weighted by molar-refractivity contribution is -0.384. The van der Waals surface area contributed by atoms with E-state index in [1.807, 2.05) is 0 Å². The Morgan fingerprint density at radius 1 is 1.40 bits per heavy atom. The molecule has 0 saturated heterocycles. The number of nitrogen functional groups attached to an aromatic ring is 1. The van der Waals surface area contributed by atoms with E-state index in [0.717, 1.165) is 29.1 Å². The number of carbonyl (C=O) groups excluding carboxylic acids is 1. The molecule has 2 rings (SSSR count). The Morgan fingerprint density at radius 2 is 2.04 bits per heavy atom. The predicted molar refractivity (Wildman–Crippen MR) is 83.6 cm³/mol. The van der Waals surface area contributed by atoms with Gasteiger partial charge in [0.2, 0.25) is 0 Å². The molecule has 0 bridgehead atoms. The number of nitrogens with two attached hydrogens (primary N) is 1. The zero-order chi connectivity index (χ0) is 18.9. The summed E-state index contributed by atoms with van der Waals surface area (Å²) in [6.07, 6.45) is -3.69. The number of aromatic nitrogens is 1. The Hall–Kier alpha value is -2.75. The Morgan fingerprint density at radius 3 is 2.56 bits per heavy atom. The van der Waals surface area contributed by atoms with Crippen molar-refractivity contribution in [3.63, 3.8) is 0 Å². The van der Waals surface area contributed by atoms with Crippen LogP contribution in [-0.2, 0) is 6.18 Å². The van der Waals surface area contributed by atoms with Gasteiger partial charge >= 0.3 is 6.18 Å². The van der Waals surface area contributed by atoms with Gasteiger partial charge in [-0.05, 0) is 24.6 Å². The van der Waals surface area contributed by atoms with Crippen LogP contribution in [0.4, 0.5) is 18.9 Å². The number of hydrogen-bond donors (Lipinski definition) is 2. The lowest BCUT2D eigenvalue weighted by Gasteiger charge is -2.17. The Balaban J connectivity index is 2.24. The van der Waals surface area contributed by atoms with E-state index in [9.17, 15) is 28.1 Å². The number of benzene rings is 1. The first kappa shape index (κ1) is 18.6. The largest absolute Gasteiger partial charge is 0.417 e. The minimum absolute atomic E-state index is 0.162. The minimum Gasteiger partial charge on any atom is -0.344 e. The number of nitro groups is 1. The summed E-state index contributed by atoms with van der Waals surface area (Å²) in [4.78, 5) is 22.1. The van der Waals surface area contributed by atoms with E-state index < -0.39 is 33.6 Å². The molecule has 1 atom stereocenters. The number of halogens is 4. The van der Waals surface area contributed by atoms with E-state index in [1.54, 1.807) is 0 Å². The number of hydrogen-bond acceptors (Lipinski definition) is 4. The van der Waals surface area contributed by atoms with E-state index in [4.69, 9.17) is 17.4 Å². The van der Waals surface area contributed by atoms with Crippen LogP contribution in [-0.4, -0.2) is 15.5 Å². The second-order valence-corrected chi connectivity index (χ2v) is 5.59. The maximum absolute atomic E-state index is 12.9. The van der Waals surface area contributed by atoms with E-state index in [-0.39, 0.29) is 16.9 Å². The molecule has 0 fully saturated rings. The number of amides is 1. The van der Waals surface area contributed by atoms with Crippen molar-refractivity contribution in [2.24, 2.45) is 0 Å². The molecule has 25 heavy (non-hydrogen) atoms. The number of nitrogens with zero attached hydrogens (tertiary/aromatic N) is 2. The summed E-state index contributed by atoms with van der Waals surface area (Å²) in [6.45, 7) is 1.46. The molecular weight excluding hydrogens is 365 g/mol. The van der Waals surface area contributed by atoms with E-state index in [2.05, 4.69) is 5.32 Å². The predicted octanol–water partition coefficient (Wildman–Crippen LogP) is 3.27. The van der Waals surface area contributed by atoms with Crippen molar-refractivity contribution in [3.8, 4) is 0 Å². The van der Waals surface area contributed by atoms with Crippen LogP contribution in [0.2, 0.25) is 5.02 Å². The number of rotatable bonds is 4. The third-order valence-corrected chi connectivity index (χ3v) is 3.75. The van der Waals surface area contributed by atoms with E-state index >= 15 is 0 Å². The molecule has 0 aliphatic heterocycles. The van der Waals surface area contributed by atoms with Crippen LogP contribution >= 0.6 is 11.6 Å². The fourth-order valence-corrected chi connectivity index (χ4v) is 2.35. The normalized spacial score (nSPS) is 12.7. The van der Waals surface area contributed by atoms with E-state index in [0.29, 0.717) is 0 Å². The quantitative estimate of drug-likeness (QED) is 0.485. The summed E-state index contributed by atoms with van der Waals surface area (Å²) in [7, 11) is 0. The first-order valence-electron chi connectivity index (χ1n) is 6.80. The number of nitrogens with one attached hydrogen (secondary N) is 1. The SMILES string of the molecule is CC(NC(=O)c1cc([N+](=O)[O-])cn1N)c1ccc(Cl)c(C(F)(F)F)c1. The average molecular weight is 377 g/mol. The van der Waals surface area contributed by atoms with Crippen LogP contribution in [0.15, 0.2) is 30.5 Å². The molecule has 1 heterocycles. The van der Waals surface area contributed by atoms with Gasteiger partial charge in [0.05, 0.1) is 21.6 Å². The molecule has 1 aromatic carbocycles. The molecule has 1 aromatic heterocycles. The minimum atomic E-state index is -4.64. The van der Waals surface area contributed by atoms with Gasteiger partial charge in [-0.25, -0.2) is 0 Å². The summed E-state index contributed by atoms with van der Waals surface area (Å²) in [5, 5.41) is 12.7. The summed E-state index contributed by atoms with van der Waals surface area (Å²) < 4.78 is 39.5. The molecule has 11 heteroatoms. The van der Waals surface area contributed by atoms with Crippen LogP contribution in [0.5, 0.6) is 0 Å². The highest BCUT2D eigenvalue weighted by Gasteiger charge is 2.33. The highest BCUT2D eigenvalue weighted by atomic mass is 35.5. The van der Waals surface area contributed by atoms with Crippen LogP contribution in [0.3, 0.4) is 0 Å². The lowest BCUT2D eigenvalue weighted by Crippen LogP contribution is -2.30. The molecule has 0 spiro atoms. The van der Waals surface area contributed by atoms with E-state index in [1.165, 1.54) is 13.0 Å². The van der Waals surface area contributed by atoms with Crippen molar-refractivity contribution in [2.45, 2.75) is 19.1 Å². The highest BCUT2D eigenvalue weighted by molar-refractivity contribution is 6.31. The topological polar surface area (TPSA) is 103 Å². The second kappa shape index (κ2) is 6.63. The smallest absolute Gasteiger partial charge is 0.344 e. The average Bonchev–Trinajstić information content (AvgIpc) is 2.88. The molecule has 0 saturated carbocycles. The van der Waals surface area contributed by atoms with Gasteiger partial charge in [0, 0.05) is 6.07 Å². The van der Waals surface area contributed by atoms with Crippen LogP contribution < -0.4 is 11.2 Å². The van der Waals surface area contributed by atoms with Gasteiger partial charge in [0.25, 0.3) is 11.6 Å². The third-order valence-electron chi connectivity index (χ3n) is 3.42. The van der Waals surface area contributed by atoms with Crippen LogP contribution in [0.25, 0.3) is 0 Å². The Bertz CT molecular complexity index is 835. The Labute approximate surface area is 144 Å². The zero-order valence-electron chi connectivity index (χ0n) is 12.7. The van der Waals surface area contributed by atoms with Crippen LogP contribution in [0.1, 0.15) is 34.6 Å². The van der Waals surface area contributed by atoms with Gasteiger partial charge in [-0.15, -0.1) is 0 Å². The number of carbonyl (C=O) groups is 1. The molecule has 2 aromatic rings. The maximum Gasteiger partial charge on any atom is 0.417 e. The van der Waals surface area contributed by atoms with Crippen molar-refractivity contribution < 1.29 is 22.9 Å². The van der Waals surface area contributed by atoms with Crippen molar-refractivity contribution in [2.75, 3.05) is 5.84 Å². The van der Waals surface area contributed by atoms with Crippen molar-refractivity contribution >= 4 is 23.2 Å². The van der Waals surface area contributed by atoms with Gasteiger partial charge in [-0.3, -0.25) is 19.6 Å². The molecule has 0 aliphatic carbocycles. The first-order chi connectivity index (χ1) is 11.5. The fraction of sp³-hybridized carbons (Fsp3) is 0.214. The standard InChI is InChI=1S/C14H12ClF3N4O3/c1-7(8-2-3-11(15)10(4-8)14(16,17)18)20-13(23)12-5-9(22(24)25)6-21(12)19/h2-7H,19H2,1H3,(H,20,23). The van der Waals surface area contributed by atoms with Gasteiger partial charge in [-0.2, -0.15) is 13.2 Å². The highest BCUT2D eigenvalue weighted by Crippen LogP contribution is 2.36. The molecule has 3 N–H and O–H groups in total. The Kier molecular flexibility index (Phi) is 4.93. The summed E-state index contributed by atoms with van der Waals surface area (Å²) in [5.74, 6) is 4.71. The molecule has 0 aliphatic rings. The van der Waals surface area contributed by atoms with Gasteiger partial charge < -0.3 is 11.2 Å². The third kappa shape index (κ3) is 4.02. The van der Waals surface area contributed by atoms with Crippen LogP contribution in [0, 0.1) is 10.1 Å². The maximum atomic E-state index is 12.9. The molecule has 1 unspecified atom stereocenters. The molecule has 134 valence electrons. The lowest BCUT2D eigenvalue weighted by atomic mass is 10.0. The first-order valence-corrected chi connectivity index (χ1v) is 7.18. The number of alkyl halides is 3. The van der Waals surface area contributed by atoms with Crippen molar-refractivity contribution in [3.05, 3.63) is 62.4 Å². The van der Waals surface area contributed by atoms with Crippen molar-refractivity contribution in [1.29, 1.82) is 0 Å². The zero-order valence-corrected chi connectivity index (χ0v) is 13.4. The summed E-state index contributed by atoms with van der Waals surface area (Å²) >= 11 is 5.55.